The Morgan fingerprint density at radius 2 is 2.18 bits per heavy atom. The molecule has 0 bridgehead atoms. The lowest BCUT2D eigenvalue weighted by molar-refractivity contribution is 0.452. The summed E-state index contributed by atoms with van der Waals surface area (Å²) in [5.74, 6) is 1.41. The van der Waals surface area contributed by atoms with Crippen molar-refractivity contribution in [1.82, 2.24) is 14.1 Å². The Bertz CT molecular complexity index is 582. The van der Waals surface area contributed by atoms with E-state index in [0.29, 0.717) is 18.5 Å². The molecule has 2 aromatic rings. The second kappa shape index (κ2) is 3.61. The van der Waals surface area contributed by atoms with E-state index in [1.54, 1.807) is 15.3 Å². The maximum absolute atomic E-state index is 12.0. The van der Waals surface area contributed by atoms with E-state index in [4.69, 9.17) is 4.42 Å². The summed E-state index contributed by atoms with van der Waals surface area (Å²) in [6, 6.07) is 0.414. The van der Waals surface area contributed by atoms with Gasteiger partial charge in [-0.05, 0) is 26.7 Å². The molecule has 90 valence electrons. The molecule has 1 saturated carbocycles. The summed E-state index contributed by atoms with van der Waals surface area (Å²) >= 11 is 0. The average molecular weight is 233 g/mol. The van der Waals surface area contributed by atoms with E-state index < -0.39 is 0 Å². The highest BCUT2D eigenvalue weighted by Crippen LogP contribution is 2.33. The van der Waals surface area contributed by atoms with Crippen molar-refractivity contribution in [3.8, 4) is 0 Å². The Balaban J connectivity index is 1.87. The molecule has 0 saturated heterocycles. The van der Waals surface area contributed by atoms with E-state index >= 15 is 0 Å². The van der Waals surface area contributed by atoms with Crippen molar-refractivity contribution in [2.75, 3.05) is 0 Å². The van der Waals surface area contributed by atoms with Crippen molar-refractivity contribution in [2.45, 2.75) is 39.3 Å². The predicted molar refractivity (Wildman–Crippen MR) is 62.0 cm³/mol. The molecule has 17 heavy (non-hydrogen) atoms. The van der Waals surface area contributed by atoms with Gasteiger partial charge in [0, 0.05) is 18.4 Å². The second-order valence-electron chi connectivity index (χ2n) is 4.60. The van der Waals surface area contributed by atoms with Crippen molar-refractivity contribution in [3.05, 3.63) is 40.2 Å². The summed E-state index contributed by atoms with van der Waals surface area (Å²) in [5.41, 5.74) is 0.913. The van der Waals surface area contributed by atoms with Crippen molar-refractivity contribution in [2.24, 2.45) is 0 Å². The van der Waals surface area contributed by atoms with Crippen LogP contribution in [0, 0.1) is 13.8 Å². The highest BCUT2D eigenvalue weighted by atomic mass is 16.4. The molecule has 1 aliphatic carbocycles. The molecule has 0 spiro atoms. The largest absolute Gasteiger partial charge is 0.444 e. The lowest BCUT2D eigenvalue weighted by Gasteiger charge is -1.97. The SMILES string of the molecule is Cc1nc(Cn2ccn(C3CC3)c2=O)oc1C. The van der Waals surface area contributed by atoms with E-state index in [-0.39, 0.29) is 5.69 Å². The summed E-state index contributed by atoms with van der Waals surface area (Å²) in [4.78, 5) is 16.3. The number of nitrogens with zero attached hydrogens (tertiary/aromatic N) is 3. The lowest BCUT2D eigenvalue weighted by atomic mass is 10.4. The number of aryl methyl sites for hydroxylation is 2. The normalized spacial score (nSPS) is 15.4. The number of oxazole rings is 1. The third-order valence-corrected chi connectivity index (χ3v) is 3.19. The standard InChI is InChI=1S/C12H15N3O2/c1-8-9(2)17-11(13-8)7-14-5-6-15(12(14)16)10-3-4-10/h5-6,10H,3-4,7H2,1-2H3. The first-order valence-electron chi connectivity index (χ1n) is 5.85. The number of imidazole rings is 1. The van der Waals surface area contributed by atoms with Gasteiger partial charge < -0.3 is 4.42 Å². The van der Waals surface area contributed by atoms with Gasteiger partial charge in [-0.3, -0.25) is 9.13 Å². The minimum absolute atomic E-state index is 0.0287. The number of aromatic nitrogens is 3. The quantitative estimate of drug-likeness (QED) is 0.809. The van der Waals surface area contributed by atoms with Crippen molar-refractivity contribution in [3.63, 3.8) is 0 Å². The Morgan fingerprint density at radius 3 is 2.76 bits per heavy atom. The van der Waals surface area contributed by atoms with Gasteiger partial charge in [0.2, 0.25) is 5.89 Å². The molecule has 2 aromatic heterocycles. The molecule has 0 radical (unpaired) electrons. The Hall–Kier alpha value is -1.78. The predicted octanol–water partition coefficient (Wildman–Crippen LogP) is 1.64. The van der Waals surface area contributed by atoms with Crippen LogP contribution >= 0.6 is 0 Å². The van der Waals surface area contributed by atoms with Gasteiger partial charge in [0.15, 0.2) is 0 Å². The molecule has 1 fully saturated rings. The monoisotopic (exact) mass is 233 g/mol. The maximum atomic E-state index is 12.0. The van der Waals surface area contributed by atoms with Gasteiger partial charge in [0.1, 0.15) is 12.3 Å². The average Bonchev–Trinajstić information content (AvgIpc) is 2.99. The van der Waals surface area contributed by atoms with E-state index in [1.165, 1.54) is 0 Å². The molecule has 5 heteroatoms. The van der Waals surface area contributed by atoms with Gasteiger partial charge in [-0.15, -0.1) is 0 Å². The van der Waals surface area contributed by atoms with Crippen LogP contribution in [0.3, 0.4) is 0 Å². The van der Waals surface area contributed by atoms with Crippen LogP contribution in [0.2, 0.25) is 0 Å². The first kappa shape index (κ1) is 10.4. The van der Waals surface area contributed by atoms with Crippen LogP contribution in [0.25, 0.3) is 0 Å². The first-order valence-corrected chi connectivity index (χ1v) is 5.85. The summed E-state index contributed by atoms with van der Waals surface area (Å²) in [5, 5.41) is 0. The lowest BCUT2D eigenvalue weighted by Crippen LogP contribution is -2.23. The fourth-order valence-electron chi connectivity index (χ4n) is 1.93. The summed E-state index contributed by atoms with van der Waals surface area (Å²) in [7, 11) is 0. The molecule has 1 aliphatic rings. The van der Waals surface area contributed by atoms with Crippen molar-refractivity contribution >= 4 is 0 Å². The van der Waals surface area contributed by atoms with Crippen molar-refractivity contribution < 1.29 is 4.42 Å². The molecular weight excluding hydrogens is 218 g/mol. The van der Waals surface area contributed by atoms with Gasteiger partial charge in [0.25, 0.3) is 0 Å². The van der Waals surface area contributed by atoms with Gasteiger partial charge in [0.05, 0.1) is 5.69 Å². The molecule has 5 nitrogen and oxygen atoms in total. The highest BCUT2D eigenvalue weighted by Gasteiger charge is 2.25. The van der Waals surface area contributed by atoms with E-state index in [2.05, 4.69) is 4.98 Å². The minimum Gasteiger partial charge on any atom is -0.444 e. The molecule has 2 heterocycles. The van der Waals surface area contributed by atoms with Gasteiger partial charge in [-0.1, -0.05) is 0 Å². The molecular formula is C12H15N3O2. The topological polar surface area (TPSA) is 53.0 Å². The Morgan fingerprint density at radius 1 is 1.41 bits per heavy atom. The van der Waals surface area contributed by atoms with Gasteiger partial charge >= 0.3 is 5.69 Å². The summed E-state index contributed by atoms with van der Waals surface area (Å²) < 4.78 is 8.91. The molecule has 0 unspecified atom stereocenters. The van der Waals surface area contributed by atoms with Gasteiger partial charge in [-0.25, -0.2) is 9.78 Å². The zero-order valence-electron chi connectivity index (χ0n) is 10.0. The third-order valence-electron chi connectivity index (χ3n) is 3.19. The molecule has 3 rings (SSSR count). The molecule has 0 amide bonds. The van der Waals surface area contributed by atoms with Crippen LogP contribution in [-0.2, 0) is 6.54 Å². The van der Waals surface area contributed by atoms with Crippen LogP contribution in [0.4, 0.5) is 0 Å². The van der Waals surface area contributed by atoms with Crippen LogP contribution in [0.5, 0.6) is 0 Å². The zero-order valence-corrected chi connectivity index (χ0v) is 10.0. The highest BCUT2D eigenvalue weighted by molar-refractivity contribution is 5.05. The molecule has 0 aromatic carbocycles. The summed E-state index contributed by atoms with van der Waals surface area (Å²) in [6.07, 6.45) is 5.88. The smallest absolute Gasteiger partial charge is 0.328 e. The number of rotatable bonds is 3. The first-order chi connectivity index (χ1) is 8.15. The maximum Gasteiger partial charge on any atom is 0.328 e. The van der Waals surface area contributed by atoms with Crippen LogP contribution in [0.1, 0.15) is 36.2 Å². The zero-order chi connectivity index (χ0) is 12.0. The van der Waals surface area contributed by atoms with Gasteiger partial charge in [-0.2, -0.15) is 0 Å². The van der Waals surface area contributed by atoms with Crippen molar-refractivity contribution in [1.29, 1.82) is 0 Å². The molecule has 0 atom stereocenters. The molecule has 0 aliphatic heterocycles. The Kier molecular flexibility index (Phi) is 2.21. The number of hydrogen-bond acceptors (Lipinski definition) is 3. The van der Waals surface area contributed by atoms with E-state index in [1.807, 2.05) is 20.0 Å². The second-order valence-corrected chi connectivity index (χ2v) is 4.60. The fourth-order valence-corrected chi connectivity index (χ4v) is 1.93. The van der Waals surface area contributed by atoms with Crippen LogP contribution < -0.4 is 5.69 Å². The number of hydrogen-bond donors (Lipinski definition) is 0. The Labute approximate surface area is 98.7 Å². The molecule has 0 N–H and O–H groups in total. The summed E-state index contributed by atoms with van der Waals surface area (Å²) in [6.45, 7) is 4.19. The third kappa shape index (κ3) is 1.81. The minimum atomic E-state index is 0.0287. The fraction of sp³-hybridized carbons (Fsp3) is 0.500. The van der Waals surface area contributed by atoms with E-state index in [0.717, 1.165) is 24.3 Å². The van der Waals surface area contributed by atoms with Crippen LogP contribution in [0.15, 0.2) is 21.6 Å². The van der Waals surface area contributed by atoms with E-state index in [9.17, 15) is 4.79 Å². The van der Waals surface area contributed by atoms with Crippen LogP contribution in [-0.4, -0.2) is 14.1 Å².